The first kappa shape index (κ1) is 7.09. The fourth-order valence-corrected chi connectivity index (χ4v) is 4.79. The van der Waals surface area contributed by atoms with Gasteiger partial charge in [-0.1, -0.05) is 19.1 Å². The normalized spacial score (nSPS) is 66.4. The van der Waals surface area contributed by atoms with Crippen LogP contribution < -0.4 is 0 Å². The molecule has 3 saturated carbocycles. The molecule has 2 bridgehead atoms. The Bertz CT molecular complexity index is 290. The van der Waals surface area contributed by atoms with Gasteiger partial charge in [0.05, 0.1) is 0 Å². The van der Waals surface area contributed by atoms with Crippen LogP contribution >= 0.6 is 0 Å². The average Bonchev–Trinajstić information content (AvgIpc) is 2.55. The second-order valence-corrected chi connectivity index (χ2v) is 6.19. The van der Waals surface area contributed by atoms with Gasteiger partial charge >= 0.3 is 0 Å². The Balaban J connectivity index is 1.74. The molecular weight excluding hydrogens is 156 g/mol. The van der Waals surface area contributed by atoms with Crippen LogP contribution in [-0.2, 0) is 0 Å². The molecule has 0 radical (unpaired) electrons. The Labute approximate surface area is 80.4 Å². The van der Waals surface area contributed by atoms with E-state index < -0.39 is 0 Å². The maximum atomic E-state index is 2.54. The van der Waals surface area contributed by atoms with E-state index in [1.54, 1.807) is 12.8 Å². The minimum Gasteiger partial charge on any atom is -0.0848 e. The summed E-state index contributed by atoms with van der Waals surface area (Å²) in [6, 6.07) is 0. The first-order valence-electron chi connectivity index (χ1n) is 5.96. The summed E-state index contributed by atoms with van der Waals surface area (Å²) in [6.07, 6.45) is 11.2. The van der Waals surface area contributed by atoms with Gasteiger partial charge in [0.1, 0.15) is 0 Å². The molecule has 13 heavy (non-hydrogen) atoms. The SMILES string of the molecule is CC12CCC3C4C=CC(C4)C3C1C2. The van der Waals surface area contributed by atoms with Gasteiger partial charge in [-0.15, -0.1) is 0 Å². The molecule has 0 spiro atoms. The van der Waals surface area contributed by atoms with Crippen molar-refractivity contribution in [3.05, 3.63) is 12.2 Å². The van der Waals surface area contributed by atoms with Gasteiger partial charge in [-0.25, -0.2) is 0 Å². The third-order valence-corrected chi connectivity index (χ3v) is 5.62. The van der Waals surface area contributed by atoms with Crippen molar-refractivity contribution in [3.8, 4) is 0 Å². The summed E-state index contributed by atoms with van der Waals surface area (Å²) in [5.74, 6) is 5.36. The fraction of sp³-hybridized carbons (Fsp3) is 0.846. The van der Waals surface area contributed by atoms with Crippen molar-refractivity contribution in [1.29, 1.82) is 0 Å². The second-order valence-electron chi connectivity index (χ2n) is 6.19. The minimum absolute atomic E-state index is 0.805. The summed E-state index contributed by atoms with van der Waals surface area (Å²) in [5.41, 5.74) is 0.805. The molecule has 0 aromatic carbocycles. The van der Waals surface area contributed by atoms with Gasteiger partial charge in [0.2, 0.25) is 0 Å². The topological polar surface area (TPSA) is 0 Å². The number of rotatable bonds is 0. The van der Waals surface area contributed by atoms with Crippen molar-refractivity contribution in [1.82, 2.24) is 0 Å². The van der Waals surface area contributed by atoms with Gasteiger partial charge < -0.3 is 0 Å². The van der Waals surface area contributed by atoms with Crippen LogP contribution in [0.5, 0.6) is 0 Å². The molecule has 0 N–H and O–H groups in total. The van der Waals surface area contributed by atoms with Crippen LogP contribution in [0.3, 0.4) is 0 Å². The highest BCUT2D eigenvalue weighted by molar-refractivity contribution is 5.21. The molecule has 4 aliphatic carbocycles. The Hall–Kier alpha value is -0.260. The zero-order chi connectivity index (χ0) is 8.63. The third kappa shape index (κ3) is 0.705. The summed E-state index contributed by atoms with van der Waals surface area (Å²) in [5, 5.41) is 0. The highest BCUT2D eigenvalue weighted by Gasteiger charge is 2.63. The van der Waals surface area contributed by atoms with E-state index in [-0.39, 0.29) is 0 Å². The zero-order valence-corrected chi connectivity index (χ0v) is 8.37. The Morgan fingerprint density at radius 3 is 3.00 bits per heavy atom. The van der Waals surface area contributed by atoms with Crippen LogP contribution in [-0.4, -0.2) is 0 Å². The molecule has 0 nitrogen and oxygen atoms in total. The van der Waals surface area contributed by atoms with Crippen LogP contribution in [0.4, 0.5) is 0 Å². The molecule has 0 aromatic rings. The van der Waals surface area contributed by atoms with Crippen LogP contribution in [0.2, 0.25) is 0 Å². The van der Waals surface area contributed by atoms with Crippen LogP contribution in [0.25, 0.3) is 0 Å². The van der Waals surface area contributed by atoms with Crippen LogP contribution in [0, 0.1) is 35.0 Å². The van der Waals surface area contributed by atoms with Gasteiger partial charge in [0, 0.05) is 0 Å². The quantitative estimate of drug-likeness (QED) is 0.494. The number of allylic oxidation sites excluding steroid dienone is 2. The van der Waals surface area contributed by atoms with Crippen LogP contribution in [0.15, 0.2) is 12.2 Å². The number of hydrogen-bond acceptors (Lipinski definition) is 0. The lowest BCUT2D eigenvalue weighted by Gasteiger charge is -2.35. The molecule has 70 valence electrons. The molecule has 0 saturated heterocycles. The van der Waals surface area contributed by atoms with E-state index in [4.69, 9.17) is 0 Å². The smallest absolute Gasteiger partial charge is 0.0194 e. The second kappa shape index (κ2) is 1.89. The lowest BCUT2D eigenvalue weighted by Crippen LogP contribution is -2.28. The average molecular weight is 174 g/mol. The summed E-state index contributed by atoms with van der Waals surface area (Å²) in [4.78, 5) is 0. The van der Waals surface area contributed by atoms with E-state index in [0.29, 0.717) is 0 Å². The lowest BCUT2D eigenvalue weighted by atomic mass is 9.70. The zero-order valence-electron chi connectivity index (χ0n) is 8.37. The molecule has 4 rings (SSSR count). The van der Waals surface area contributed by atoms with Gasteiger partial charge in [0.25, 0.3) is 0 Å². The standard InChI is InChI=1S/C13H18/c1-13-5-4-10-8-2-3-9(6-8)12(10)11(13)7-13/h2-3,8-12H,4-7H2,1H3. The van der Waals surface area contributed by atoms with Crippen molar-refractivity contribution in [2.75, 3.05) is 0 Å². The summed E-state index contributed by atoms with van der Waals surface area (Å²) in [6.45, 7) is 2.53. The molecule has 0 amide bonds. The summed E-state index contributed by atoms with van der Waals surface area (Å²) >= 11 is 0. The predicted molar refractivity (Wildman–Crippen MR) is 53.2 cm³/mol. The van der Waals surface area contributed by atoms with E-state index in [2.05, 4.69) is 19.1 Å². The maximum Gasteiger partial charge on any atom is -0.0194 e. The molecule has 3 fully saturated rings. The maximum absolute atomic E-state index is 2.54. The van der Waals surface area contributed by atoms with Gasteiger partial charge in [-0.05, 0) is 60.7 Å². The van der Waals surface area contributed by atoms with Gasteiger partial charge in [-0.3, -0.25) is 0 Å². The first-order valence-corrected chi connectivity index (χ1v) is 5.96. The molecule has 0 aromatic heterocycles. The van der Waals surface area contributed by atoms with Gasteiger partial charge in [0.15, 0.2) is 0 Å². The summed E-state index contributed by atoms with van der Waals surface area (Å²) < 4.78 is 0. The summed E-state index contributed by atoms with van der Waals surface area (Å²) in [7, 11) is 0. The molecular formula is C13H18. The molecule has 6 unspecified atom stereocenters. The Morgan fingerprint density at radius 1 is 1.23 bits per heavy atom. The predicted octanol–water partition coefficient (Wildman–Crippen LogP) is 3.24. The molecule has 6 atom stereocenters. The highest BCUT2D eigenvalue weighted by Crippen LogP contribution is 2.71. The fourth-order valence-electron chi connectivity index (χ4n) is 4.79. The van der Waals surface area contributed by atoms with E-state index >= 15 is 0 Å². The van der Waals surface area contributed by atoms with Crippen molar-refractivity contribution in [2.24, 2.45) is 35.0 Å². The van der Waals surface area contributed by atoms with Crippen molar-refractivity contribution in [2.45, 2.75) is 32.6 Å². The van der Waals surface area contributed by atoms with E-state index in [0.717, 1.165) is 35.0 Å². The Kier molecular flexibility index (Phi) is 1.03. The van der Waals surface area contributed by atoms with Crippen molar-refractivity contribution in [3.63, 3.8) is 0 Å². The molecule has 0 aliphatic heterocycles. The number of fused-ring (bicyclic) bond motifs is 7. The first-order chi connectivity index (χ1) is 6.28. The number of hydrogen-bond donors (Lipinski definition) is 0. The monoisotopic (exact) mass is 174 g/mol. The Morgan fingerprint density at radius 2 is 2.08 bits per heavy atom. The van der Waals surface area contributed by atoms with Gasteiger partial charge in [-0.2, -0.15) is 0 Å². The van der Waals surface area contributed by atoms with E-state index in [9.17, 15) is 0 Å². The molecule has 0 heterocycles. The van der Waals surface area contributed by atoms with E-state index in [1.165, 1.54) is 12.8 Å². The molecule has 4 aliphatic rings. The van der Waals surface area contributed by atoms with Crippen molar-refractivity contribution < 1.29 is 0 Å². The minimum atomic E-state index is 0.805. The van der Waals surface area contributed by atoms with Crippen LogP contribution in [0.1, 0.15) is 32.6 Å². The largest absolute Gasteiger partial charge is 0.0848 e. The molecule has 0 heteroatoms. The van der Waals surface area contributed by atoms with E-state index in [1.807, 2.05) is 0 Å². The highest BCUT2D eigenvalue weighted by atomic mass is 14.7. The lowest BCUT2D eigenvalue weighted by molar-refractivity contribution is 0.168. The van der Waals surface area contributed by atoms with Crippen molar-refractivity contribution >= 4 is 0 Å². The third-order valence-electron chi connectivity index (χ3n) is 5.62.